The number of methoxy groups -OCH3 is 1. The summed E-state index contributed by atoms with van der Waals surface area (Å²) < 4.78 is 6.70. The molecule has 0 spiro atoms. The highest BCUT2D eigenvalue weighted by Crippen LogP contribution is 2.29. The molecule has 3 rings (SSSR count). The molecule has 2 atom stereocenters. The monoisotopic (exact) mass is 274 g/mol. The number of pyridine rings is 1. The van der Waals surface area contributed by atoms with Crippen molar-refractivity contribution in [2.24, 2.45) is 11.8 Å². The van der Waals surface area contributed by atoms with Crippen LogP contribution in [-0.2, 0) is 9.53 Å². The maximum atomic E-state index is 11.8. The van der Waals surface area contributed by atoms with E-state index in [9.17, 15) is 4.79 Å². The molecule has 1 aliphatic rings. The predicted molar refractivity (Wildman–Crippen MR) is 74.6 cm³/mol. The number of fused-ring (bicyclic) bond motifs is 1. The first kappa shape index (κ1) is 12.9. The molecule has 2 unspecified atom stereocenters. The normalized spacial score (nSPS) is 22.4. The summed E-state index contributed by atoms with van der Waals surface area (Å²) in [7, 11) is 1.44. The van der Waals surface area contributed by atoms with Crippen molar-refractivity contribution in [2.75, 3.05) is 25.1 Å². The van der Waals surface area contributed by atoms with Gasteiger partial charge >= 0.3 is 5.97 Å². The van der Waals surface area contributed by atoms with Gasteiger partial charge in [0, 0.05) is 13.1 Å². The van der Waals surface area contributed by atoms with Gasteiger partial charge in [0.1, 0.15) is 12.1 Å². The van der Waals surface area contributed by atoms with Crippen molar-refractivity contribution in [1.29, 1.82) is 0 Å². The van der Waals surface area contributed by atoms with Crippen molar-refractivity contribution in [3.8, 4) is 0 Å². The molecule has 2 aromatic rings. The van der Waals surface area contributed by atoms with E-state index >= 15 is 0 Å². The van der Waals surface area contributed by atoms with E-state index in [0.29, 0.717) is 6.54 Å². The number of aryl methyl sites for hydroxylation is 1. The molecule has 0 saturated carbocycles. The predicted octanol–water partition coefficient (Wildman–Crippen LogP) is 1.28. The van der Waals surface area contributed by atoms with E-state index in [2.05, 4.69) is 28.0 Å². The van der Waals surface area contributed by atoms with Gasteiger partial charge in [0.2, 0.25) is 0 Å². The van der Waals surface area contributed by atoms with Crippen molar-refractivity contribution < 1.29 is 9.53 Å². The van der Waals surface area contributed by atoms with Crippen LogP contribution in [0.15, 0.2) is 18.5 Å². The second kappa shape index (κ2) is 4.77. The number of esters is 1. The number of aromatic nitrogens is 3. The first-order chi connectivity index (χ1) is 9.60. The molecule has 0 aromatic carbocycles. The highest BCUT2D eigenvalue weighted by Gasteiger charge is 2.36. The van der Waals surface area contributed by atoms with E-state index in [1.54, 1.807) is 6.33 Å². The summed E-state index contributed by atoms with van der Waals surface area (Å²) in [6.45, 7) is 5.59. The lowest BCUT2D eigenvalue weighted by Crippen LogP contribution is -2.25. The number of hydrogen-bond acceptors (Lipinski definition) is 5. The second-order valence-corrected chi connectivity index (χ2v) is 5.43. The summed E-state index contributed by atoms with van der Waals surface area (Å²) >= 11 is 0. The first-order valence-electron chi connectivity index (χ1n) is 6.73. The Balaban J connectivity index is 1.96. The summed E-state index contributed by atoms with van der Waals surface area (Å²) in [4.78, 5) is 18.2. The third kappa shape index (κ3) is 2.01. The van der Waals surface area contributed by atoms with Gasteiger partial charge < -0.3 is 9.64 Å². The largest absolute Gasteiger partial charge is 0.469 e. The van der Waals surface area contributed by atoms with Gasteiger partial charge in [-0.2, -0.15) is 9.61 Å². The lowest BCUT2D eigenvalue weighted by atomic mass is 9.99. The Morgan fingerprint density at radius 3 is 2.95 bits per heavy atom. The van der Waals surface area contributed by atoms with E-state index in [0.717, 1.165) is 23.6 Å². The van der Waals surface area contributed by atoms with Crippen LogP contribution in [0, 0.1) is 18.8 Å². The van der Waals surface area contributed by atoms with Gasteiger partial charge in [0.05, 0.1) is 13.0 Å². The molecular formula is C14H18N4O2. The Labute approximate surface area is 117 Å². The van der Waals surface area contributed by atoms with Crippen molar-refractivity contribution in [3.05, 3.63) is 24.0 Å². The zero-order valence-corrected chi connectivity index (χ0v) is 11.9. The van der Waals surface area contributed by atoms with Crippen molar-refractivity contribution in [3.63, 3.8) is 0 Å². The number of carbonyl (C=O) groups excluding carboxylic acids is 1. The van der Waals surface area contributed by atoms with Gasteiger partial charge in [-0.1, -0.05) is 6.92 Å². The molecule has 0 radical (unpaired) electrons. The number of nitrogens with zero attached hydrogens (tertiary/aromatic N) is 4. The van der Waals surface area contributed by atoms with Crippen molar-refractivity contribution in [2.45, 2.75) is 13.8 Å². The smallest absolute Gasteiger partial charge is 0.310 e. The van der Waals surface area contributed by atoms with Crippen LogP contribution in [-0.4, -0.2) is 40.8 Å². The Bertz CT molecular complexity index is 652. The van der Waals surface area contributed by atoms with Crippen LogP contribution in [0.25, 0.3) is 5.65 Å². The lowest BCUT2D eigenvalue weighted by molar-refractivity contribution is -0.145. The number of ether oxygens (including phenoxy) is 1. The van der Waals surface area contributed by atoms with E-state index in [-0.39, 0.29) is 17.8 Å². The van der Waals surface area contributed by atoms with Crippen LogP contribution in [0.1, 0.15) is 12.5 Å². The Kier molecular flexibility index (Phi) is 3.08. The summed E-state index contributed by atoms with van der Waals surface area (Å²) in [5.74, 6) is 1.03. The summed E-state index contributed by atoms with van der Waals surface area (Å²) in [5, 5.41) is 4.27. The summed E-state index contributed by atoms with van der Waals surface area (Å²) in [6, 6.07) is 4.07. The first-order valence-corrected chi connectivity index (χ1v) is 6.73. The van der Waals surface area contributed by atoms with Gasteiger partial charge in [-0.15, -0.1) is 0 Å². The Morgan fingerprint density at radius 1 is 1.40 bits per heavy atom. The Hall–Kier alpha value is -2.11. The maximum Gasteiger partial charge on any atom is 0.310 e. The molecule has 3 heterocycles. The minimum atomic E-state index is -0.137. The number of rotatable bonds is 2. The second-order valence-electron chi connectivity index (χ2n) is 5.43. The average molecular weight is 274 g/mol. The van der Waals surface area contributed by atoms with Crippen LogP contribution in [0.2, 0.25) is 0 Å². The van der Waals surface area contributed by atoms with Crippen LogP contribution < -0.4 is 4.90 Å². The highest BCUT2D eigenvalue weighted by atomic mass is 16.5. The minimum Gasteiger partial charge on any atom is -0.469 e. The van der Waals surface area contributed by atoms with Gasteiger partial charge in [-0.05, 0) is 30.5 Å². The fourth-order valence-electron chi connectivity index (χ4n) is 2.87. The molecule has 106 valence electrons. The SMILES string of the molecule is COC(=O)C1CN(c2cc(C)cc3ncnn23)CC1C. The van der Waals surface area contributed by atoms with Gasteiger partial charge in [0.15, 0.2) is 5.65 Å². The van der Waals surface area contributed by atoms with Crippen LogP contribution >= 0.6 is 0 Å². The molecule has 0 N–H and O–H groups in total. The molecule has 0 aliphatic carbocycles. The van der Waals surface area contributed by atoms with Gasteiger partial charge in [-0.25, -0.2) is 4.98 Å². The third-order valence-electron chi connectivity index (χ3n) is 3.94. The summed E-state index contributed by atoms with van der Waals surface area (Å²) in [6.07, 6.45) is 1.55. The third-order valence-corrected chi connectivity index (χ3v) is 3.94. The molecule has 6 heteroatoms. The number of carbonyl (C=O) groups is 1. The molecule has 1 saturated heterocycles. The molecule has 6 nitrogen and oxygen atoms in total. The van der Waals surface area contributed by atoms with E-state index in [1.165, 1.54) is 7.11 Å². The summed E-state index contributed by atoms with van der Waals surface area (Å²) in [5.41, 5.74) is 1.96. The molecule has 1 aliphatic heterocycles. The molecule has 0 amide bonds. The van der Waals surface area contributed by atoms with Gasteiger partial charge in [0.25, 0.3) is 0 Å². The van der Waals surface area contributed by atoms with Crippen molar-refractivity contribution >= 4 is 17.4 Å². The molecular weight excluding hydrogens is 256 g/mol. The molecule has 20 heavy (non-hydrogen) atoms. The standard InChI is InChI=1S/C14H18N4O2/c1-9-4-12-15-8-16-18(12)13(5-9)17-6-10(2)11(7-17)14(19)20-3/h4-5,8,10-11H,6-7H2,1-3H3. The van der Waals surface area contributed by atoms with Crippen LogP contribution in [0.4, 0.5) is 5.82 Å². The lowest BCUT2D eigenvalue weighted by Gasteiger charge is -2.19. The fourth-order valence-corrected chi connectivity index (χ4v) is 2.87. The molecule has 0 bridgehead atoms. The molecule has 1 fully saturated rings. The minimum absolute atomic E-state index is 0.0842. The quantitative estimate of drug-likeness (QED) is 0.772. The van der Waals surface area contributed by atoms with Gasteiger partial charge in [-0.3, -0.25) is 4.79 Å². The zero-order valence-electron chi connectivity index (χ0n) is 11.9. The van der Waals surface area contributed by atoms with E-state index in [1.807, 2.05) is 17.5 Å². The Morgan fingerprint density at radius 2 is 2.20 bits per heavy atom. The van der Waals surface area contributed by atoms with E-state index < -0.39 is 0 Å². The maximum absolute atomic E-state index is 11.8. The average Bonchev–Trinajstić information content (AvgIpc) is 3.03. The molecule has 2 aromatic heterocycles. The van der Waals surface area contributed by atoms with Crippen LogP contribution in [0.3, 0.4) is 0 Å². The van der Waals surface area contributed by atoms with Crippen molar-refractivity contribution in [1.82, 2.24) is 14.6 Å². The van der Waals surface area contributed by atoms with Crippen LogP contribution in [0.5, 0.6) is 0 Å². The highest BCUT2D eigenvalue weighted by molar-refractivity contribution is 5.74. The number of anilines is 1. The zero-order chi connectivity index (χ0) is 14.3. The topological polar surface area (TPSA) is 59.7 Å². The fraction of sp³-hybridized carbons (Fsp3) is 0.500. The number of hydrogen-bond donors (Lipinski definition) is 0. The van der Waals surface area contributed by atoms with E-state index in [4.69, 9.17) is 4.74 Å².